The fourth-order valence-electron chi connectivity index (χ4n) is 1.60. The molecule has 1 aromatic rings. The minimum Gasteiger partial charge on any atom is -0.386 e. The first-order valence-electron chi connectivity index (χ1n) is 5.28. The molecule has 2 rings (SSSR count). The molecule has 5 nitrogen and oxygen atoms in total. The van der Waals surface area contributed by atoms with Crippen LogP contribution in [0.1, 0.15) is 19.3 Å². The molecule has 0 aromatic carbocycles. The van der Waals surface area contributed by atoms with E-state index in [1.807, 2.05) is 0 Å². The molecule has 0 radical (unpaired) electrons. The second kappa shape index (κ2) is 4.39. The summed E-state index contributed by atoms with van der Waals surface area (Å²) in [6.07, 6.45) is 4.41. The molecular weight excluding hydrogens is 226 g/mol. The third-order valence-electron chi connectivity index (χ3n) is 2.72. The van der Waals surface area contributed by atoms with E-state index in [1.54, 1.807) is 19.2 Å². The van der Waals surface area contributed by atoms with Crippen molar-refractivity contribution in [3.63, 3.8) is 0 Å². The number of nitrogens with one attached hydrogen (secondary N) is 2. The SMILES string of the molecule is CNc1cccnc1S(=O)(=O)NC1CCC1. The van der Waals surface area contributed by atoms with Crippen molar-refractivity contribution in [1.82, 2.24) is 9.71 Å². The largest absolute Gasteiger partial charge is 0.386 e. The Morgan fingerprint density at radius 1 is 1.44 bits per heavy atom. The highest BCUT2D eigenvalue weighted by molar-refractivity contribution is 7.89. The third kappa shape index (κ3) is 2.17. The average molecular weight is 241 g/mol. The summed E-state index contributed by atoms with van der Waals surface area (Å²) >= 11 is 0. The van der Waals surface area contributed by atoms with Gasteiger partial charge in [-0.1, -0.05) is 6.42 Å². The number of hydrogen-bond acceptors (Lipinski definition) is 4. The highest BCUT2D eigenvalue weighted by Crippen LogP contribution is 2.23. The lowest BCUT2D eigenvalue weighted by molar-refractivity contribution is 0.383. The van der Waals surface area contributed by atoms with E-state index in [2.05, 4.69) is 15.0 Å². The topological polar surface area (TPSA) is 71.1 Å². The molecule has 16 heavy (non-hydrogen) atoms. The first-order valence-corrected chi connectivity index (χ1v) is 6.77. The lowest BCUT2D eigenvalue weighted by atomic mass is 9.94. The summed E-state index contributed by atoms with van der Waals surface area (Å²) in [5.74, 6) is 0. The maximum absolute atomic E-state index is 12.0. The Kier molecular flexibility index (Phi) is 3.11. The van der Waals surface area contributed by atoms with Gasteiger partial charge in [0.25, 0.3) is 10.0 Å². The lowest BCUT2D eigenvalue weighted by Crippen LogP contribution is -2.39. The molecule has 0 unspecified atom stereocenters. The molecule has 0 aliphatic heterocycles. The summed E-state index contributed by atoms with van der Waals surface area (Å²) in [6.45, 7) is 0. The van der Waals surface area contributed by atoms with Gasteiger partial charge in [-0.3, -0.25) is 0 Å². The van der Waals surface area contributed by atoms with E-state index in [4.69, 9.17) is 0 Å². The summed E-state index contributed by atoms with van der Waals surface area (Å²) in [5, 5.41) is 2.90. The minimum atomic E-state index is -3.49. The predicted octanol–water partition coefficient (Wildman–Crippen LogP) is 0.954. The second-order valence-corrected chi connectivity index (χ2v) is 5.48. The Morgan fingerprint density at radius 3 is 2.75 bits per heavy atom. The smallest absolute Gasteiger partial charge is 0.260 e. The molecule has 0 spiro atoms. The molecule has 1 aliphatic rings. The fraction of sp³-hybridized carbons (Fsp3) is 0.500. The molecular formula is C10H15N3O2S. The molecule has 0 amide bonds. The van der Waals surface area contributed by atoms with E-state index < -0.39 is 10.0 Å². The Labute approximate surface area is 95.3 Å². The maximum atomic E-state index is 12.0. The summed E-state index contributed by atoms with van der Waals surface area (Å²) in [6, 6.07) is 3.48. The molecule has 88 valence electrons. The van der Waals surface area contributed by atoms with E-state index in [9.17, 15) is 8.42 Å². The van der Waals surface area contributed by atoms with Gasteiger partial charge < -0.3 is 5.32 Å². The average Bonchev–Trinajstić information content (AvgIpc) is 2.24. The van der Waals surface area contributed by atoms with Crippen LogP contribution in [-0.4, -0.2) is 26.5 Å². The van der Waals surface area contributed by atoms with E-state index in [-0.39, 0.29) is 11.1 Å². The van der Waals surface area contributed by atoms with Crippen LogP contribution in [0, 0.1) is 0 Å². The normalized spacial score (nSPS) is 16.8. The van der Waals surface area contributed by atoms with Gasteiger partial charge in [0.15, 0.2) is 5.03 Å². The fourth-order valence-corrected chi connectivity index (χ4v) is 3.04. The van der Waals surface area contributed by atoms with Gasteiger partial charge in [-0.05, 0) is 25.0 Å². The van der Waals surface area contributed by atoms with Crippen LogP contribution in [0.25, 0.3) is 0 Å². The van der Waals surface area contributed by atoms with Crippen molar-refractivity contribution in [2.24, 2.45) is 0 Å². The van der Waals surface area contributed by atoms with E-state index in [0.717, 1.165) is 19.3 Å². The van der Waals surface area contributed by atoms with Gasteiger partial charge in [-0.25, -0.2) is 18.1 Å². The van der Waals surface area contributed by atoms with Gasteiger partial charge in [-0.2, -0.15) is 0 Å². The molecule has 0 bridgehead atoms. The number of anilines is 1. The summed E-state index contributed by atoms with van der Waals surface area (Å²) in [5.41, 5.74) is 0.523. The van der Waals surface area contributed by atoms with Crippen molar-refractivity contribution in [2.45, 2.75) is 30.3 Å². The van der Waals surface area contributed by atoms with Crippen LogP contribution in [-0.2, 0) is 10.0 Å². The predicted molar refractivity (Wildman–Crippen MR) is 61.7 cm³/mol. The lowest BCUT2D eigenvalue weighted by Gasteiger charge is -2.26. The van der Waals surface area contributed by atoms with Gasteiger partial charge in [0.2, 0.25) is 0 Å². The van der Waals surface area contributed by atoms with E-state index in [1.165, 1.54) is 6.20 Å². The van der Waals surface area contributed by atoms with Crippen LogP contribution in [0.15, 0.2) is 23.4 Å². The Bertz CT molecular complexity index is 469. The molecule has 1 aliphatic carbocycles. The quantitative estimate of drug-likeness (QED) is 0.823. The highest BCUT2D eigenvalue weighted by Gasteiger charge is 2.27. The standard InChI is InChI=1S/C10H15N3O2S/c1-11-9-6-3-7-12-10(9)16(14,15)13-8-4-2-5-8/h3,6-8,11,13H,2,4-5H2,1H3. The molecule has 0 atom stereocenters. The second-order valence-electron chi connectivity index (χ2n) is 3.86. The number of rotatable bonds is 4. The van der Waals surface area contributed by atoms with Gasteiger partial charge in [0.05, 0.1) is 5.69 Å². The van der Waals surface area contributed by atoms with Crippen molar-refractivity contribution in [1.29, 1.82) is 0 Å². The van der Waals surface area contributed by atoms with Crippen LogP contribution in [0.5, 0.6) is 0 Å². The molecule has 2 N–H and O–H groups in total. The van der Waals surface area contributed by atoms with Crippen LogP contribution in [0.2, 0.25) is 0 Å². The molecule has 0 saturated heterocycles. The van der Waals surface area contributed by atoms with Crippen LogP contribution < -0.4 is 10.0 Å². The van der Waals surface area contributed by atoms with E-state index in [0.29, 0.717) is 5.69 Å². The number of hydrogen-bond donors (Lipinski definition) is 2. The van der Waals surface area contributed by atoms with Crippen LogP contribution in [0.3, 0.4) is 0 Å². The van der Waals surface area contributed by atoms with E-state index >= 15 is 0 Å². The summed E-state index contributed by atoms with van der Waals surface area (Å²) in [4.78, 5) is 3.92. The Morgan fingerprint density at radius 2 is 2.19 bits per heavy atom. The third-order valence-corrected chi connectivity index (χ3v) is 4.20. The number of nitrogens with zero attached hydrogens (tertiary/aromatic N) is 1. The van der Waals surface area contributed by atoms with Gasteiger partial charge in [-0.15, -0.1) is 0 Å². The molecule has 1 heterocycles. The highest BCUT2D eigenvalue weighted by atomic mass is 32.2. The molecule has 6 heteroatoms. The molecule has 1 fully saturated rings. The maximum Gasteiger partial charge on any atom is 0.260 e. The van der Waals surface area contributed by atoms with Crippen molar-refractivity contribution < 1.29 is 8.42 Å². The van der Waals surface area contributed by atoms with Crippen molar-refractivity contribution >= 4 is 15.7 Å². The Hall–Kier alpha value is -1.14. The zero-order valence-corrected chi connectivity index (χ0v) is 9.92. The number of aromatic nitrogens is 1. The van der Waals surface area contributed by atoms with Crippen LogP contribution >= 0.6 is 0 Å². The zero-order chi connectivity index (χ0) is 11.6. The summed E-state index contributed by atoms with van der Waals surface area (Å²) in [7, 11) is -1.81. The number of sulfonamides is 1. The monoisotopic (exact) mass is 241 g/mol. The van der Waals surface area contributed by atoms with Crippen molar-refractivity contribution in [3.05, 3.63) is 18.3 Å². The van der Waals surface area contributed by atoms with Crippen LogP contribution in [0.4, 0.5) is 5.69 Å². The molecule has 1 aromatic heterocycles. The number of pyridine rings is 1. The first kappa shape index (κ1) is 11.3. The van der Waals surface area contributed by atoms with Gasteiger partial charge in [0.1, 0.15) is 0 Å². The van der Waals surface area contributed by atoms with Gasteiger partial charge in [0, 0.05) is 19.3 Å². The minimum absolute atomic E-state index is 0.0735. The van der Waals surface area contributed by atoms with Gasteiger partial charge >= 0.3 is 0 Å². The molecule has 1 saturated carbocycles. The summed E-state index contributed by atoms with van der Waals surface area (Å²) < 4.78 is 26.7. The first-order chi connectivity index (χ1) is 7.63. The van der Waals surface area contributed by atoms with Crippen molar-refractivity contribution in [2.75, 3.05) is 12.4 Å². The van der Waals surface area contributed by atoms with Crippen molar-refractivity contribution in [3.8, 4) is 0 Å². The zero-order valence-electron chi connectivity index (χ0n) is 9.10. The Balaban J connectivity index is 2.27.